The molecule has 0 saturated carbocycles. The van der Waals surface area contributed by atoms with Crippen molar-refractivity contribution in [2.75, 3.05) is 13.1 Å². The average Bonchev–Trinajstić information content (AvgIpc) is 3.22. The van der Waals surface area contributed by atoms with Gasteiger partial charge in [0.2, 0.25) is 0 Å². The van der Waals surface area contributed by atoms with Crippen molar-refractivity contribution >= 4 is 22.6 Å². The molecule has 1 fully saturated rings. The third-order valence-electron chi connectivity index (χ3n) is 4.75. The van der Waals surface area contributed by atoms with E-state index in [1.807, 2.05) is 36.4 Å². The Labute approximate surface area is 151 Å². The van der Waals surface area contributed by atoms with Crippen LogP contribution >= 0.6 is 0 Å². The van der Waals surface area contributed by atoms with Gasteiger partial charge in [-0.05, 0) is 41.8 Å². The molecule has 0 spiro atoms. The van der Waals surface area contributed by atoms with Crippen LogP contribution in [0, 0.1) is 5.92 Å². The summed E-state index contributed by atoms with van der Waals surface area (Å²) in [6.45, 7) is 1.01. The van der Waals surface area contributed by atoms with Crippen molar-refractivity contribution in [2.45, 2.75) is 12.8 Å². The largest absolute Gasteiger partial charge is 0.472 e. The lowest BCUT2D eigenvalue weighted by Gasteiger charge is -2.31. The standard InChI is InChI=1S/C21H19NO4/c23-20(18-9-11-25-14-18)22-10-3-6-17(13-22)21(24)26-19-8-7-15-4-1-2-5-16(15)12-19/h1-2,4-5,7-9,11-12,14,17H,3,6,10,13H2. The van der Waals surface area contributed by atoms with Crippen molar-refractivity contribution in [3.05, 3.63) is 66.6 Å². The Balaban J connectivity index is 1.44. The summed E-state index contributed by atoms with van der Waals surface area (Å²) >= 11 is 0. The molecule has 1 atom stereocenters. The van der Waals surface area contributed by atoms with Crippen molar-refractivity contribution in [3.63, 3.8) is 0 Å². The Hall–Kier alpha value is -3.08. The zero-order valence-electron chi connectivity index (χ0n) is 14.3. The number of nitrogens with zero attached hydrogens (tertiary/aromatic N) is 1. The first-order valence-corrected chi connectivity index (χ1v) is 8.73. The number of furan rings is 1. The summed E-state index contributed by atoms with van der Waals surface area (Å²) in [6.07, 6.45) is 4.41. The average molecular weight is 349 g/mol. The minimum Gasteiger partial charge on any atom is -0.472 e. The minimum atomic E-state index is -0.314. The molecule has 0 radical (unpaired) electrons. The molecule has 5 nitrogen and oxygen atoms in total. The van der Waals surface area contributed by atoms with Gasteiger partial charge in [0.25, 0.3) is 5.91 Å². The maximum atomic E-state index is 12.6. The second-order valence-electron chi connectivity index (χ2n) is 6.53. The van der Waals surface area contributed by atoms with Crippen molar-refractivity contribution in [1.29, 1.82) is 0 Å². The lowest BCUT2D eigenvalue weighted by atomic mass is 9.97. The minimum absolute atomic E-state index is 0.109. The summed E-state index contributed by atoms with van der Waals surface area (Å²) in [6, 6.07) is 15.2. The van der Waals surface area contributed by atoms with E-state index in [1.165, 1.54) is 12.5 Å². The summed E-state index contributed by atoms with van der Waals surface area (Å²) in [4.78, 5) is 26.7. The zero-order valence-corrected chi connectivity index (χ0v) is 14.3. The number of hydrogen-bond acceptors (Lipinski definition) is 4. The first kappa shape index (κ1) is 16.4. The van der Waals surface area contributed by atoms with Gasteiger partial charge in [-0.15, -0.1) is 0 Å². The Bertz CT molecular complexity index is 932. The van der Waals surface area contributed by atoms with Crippen molar-refractivity contribution in [3.8, 4) is 5.75 Å². The van der Waals surface area contributed by atoms with Gasteiger partial charge in [0.05, 0.1) is 17.7 Å². The third kappa shape index (κ3) is 3.33. The number of amides is 1. The van der Waals surface area contributed by atoms with Crippen LogP contribution in [0.4, 0.5) is 0 Å². The first-order valence-electron chi connectivity index (χ1n) is 8.73. The number of likely N-dealkylation sites (tertiary alicyclic amines) is 1. The Kier molecular flexibility index (Phi) is 4.44. The molecule has 1 unspecified atom stereocenters. The van der Waals surface area contributed by atoms with E-state index in [0.717, 1.165) is 23.6 Å². The van der Waals surface area contributed by atoms with Crippen LogP contribution in [0.25, 0.3) is 10.8 Å². The molecule has 5 heteroatoms. The van der Waals surface area contributed by atoms with Crippen LogP contribution in [0.5, 0.6) is 5.75 Å². The molecule has 132 valence electrons. The van der Waals surface area contributed by atoms with E-state index in [-0.39, 0.29) is 17.8 Å². The smallest absolute Gasteiger partial charge is 0.316 e. The molecule has 3 aromatic rings. The van der Waals surface area contributed by atoms with Gasteiger partial charge in [-0.25, -0.2) is 0 Å². The van der Waals surface area contributed by atoms with E-state index >= 15 is 0 Å². The van der Waals surface area contributed by atoms with Gasteiger partial charge in [-0.1, -0.05) is 30.3 Å². The maximum Gasteiger partial charge on any atom is 0.316 e. The maximum absolute atomic E-state index is 12.6. The highest BCUT2D eigenvalue weighted by Gasteiger charge is 2.30. The summed E-state index contributed by atoms with van der Waals surface area (Å²) < 4.78 is 10.6. The van der Waals surface area contributed by atoms with E-state index < -0.39 is 0 Å². The second-order valence-corrected chi connectivity index (χ2v) is 6.53. The lowest BCUT2D eigenvalue weighted by molar-refractivity contribution is -0.140. The van der Waals surface area contributed by atoms with Gasteiger partial charge in [0, 0.05) is 13.1 Å². The van der Waals surface area contributed by atoms with Crippen LogP contribution < -0.4 is 4.74 Å². The number of piperidine rings is 1. The molecule has 2 heterocycles. The molecular weight excluding hydrogens is 330 g/mol. The molecule has 1 aliphatic rings. The van der Waals surface area contributed by atoms with E-state index in [1.54, 1.807) is 17.0 Å². The third-order valence-corrected chi connectivity index (χ3v) is 4.75. The van der Waals surface area contributed by atoms with Crippen LogP contribution in [-0.4, -0.2) is 29.9 Å². The fourth-order valence-electron chi connectivity index (χ4n) is 3.35. The molecule has 0 N–H and O–H groups in total. The van der Waals surface area contributed by atoms with E-state index in [9.17, 15) is 9.59 Å². The van der Waals surface area contributed by atoms with E-state index in [4.69, 9.17) is 9.15 Å². The van der Waals surface area contributed by atoms with Gasteiger partial charge < -0.3 is 14.1 Å². The predicted molar refractivity (Wildman–Crippen MR) is 96.9 cm³/mol. The van der Waals surface area contributed by atoms with Gasteiger partial charge in [-0.3, -0.25) is 9.59 Å². The van der Waals surface area contributed by atoms with Gasteiger partial charge in [-0.2, -0.15) is 0 Å². The molecule has 1 saturated heterocycles. The number of esters is 1. The lowest BCUT2D eigenvalue weighted by Crippen LogP contribution is -2.43. The SMILES string of the molecule is O=C(Oc1ccc2ccccc2c1)C1CCCN(C(=O)c2ccoc2)C1. The van der Waals surface area contributed by atoms with Crippen molar-refractivity contribution in [2.24, 2.45) is 5.92 Å². The quantitative estimate of drug-likeness (QED) is 0.532. The molecule has 1 amide bonds. The first-order chi connectivity index (χ1) is 12.7. The number of hydrogen-bond donors (Lipinski definition) is 0. The number of ether oxygens (including phenoxy) is 1. The number of rotatable bonds is 3. The van der Waals surface area contributed by atoms with Gasteiger partial charge in [0.15, 0.2) is 0 Å². The highest BCUT2D eigenvalue weighted by molar-refractivity contribution is 5.94. The normalized spacial score (nSPS) is 17.2. The van der Waals surface area contributed by atoms with Crippen LogP contribution in [0.1, 0.15) is 23.2 Å². The highest BCUT2D eigenvalue weighted by Crippen LogP contribution is 2.24. The van der Waals surface area contributed by atoms with Crippen molar-refractivity contribution < 1.29 is 18.7 Å². The van der Waals surface area contributed by atoms with Crippen LogP contribution in [-0.2, 0) is 4.79 Å². The van der Waals surface area contributed by atoms with Crippen molar-refractivity contribution in [1.82, 2.24) is 4.90 Å². The van der Waals surface area contributed by atoms with E-state index in [0.29, 0.717) is 24.4 Å². The van der Waals surface area contributed by atoms with E-state index in [2.05, 4.69) is 0 Å². The summed E-state index contributed by atoms with van der Waals surface area (Å²) in [7, 11) is 0. The molecule has 1 aliphatic heterocycles. The van der Waals surface area contributed by atoms with Crippen LogP contribution in [0.2, 0.25) is 0 Å². The fraction of sp³-hybridized carbons (Fsp3) is 0.238. The molecule has 1 aromatic heterocycles. The number of carbonyl (C=O) groups is 2. The Morgan fingerprint density at radius 3 is 2.73 bits per heavy atom. The summed E-state index contributed by atoms with van der Waals surface area (Å²) in [5.74, 6) is -0.176. The monoisotopic (exact) mass is 349 g/mol. The zero-order chi connectivity index (χ0) is 17.9. The molecular formula is C21H19NO4. The Morgan fingerprint density at radius 2 is 1.92 bits per heavy atom. The number of fused-ring (bicyclic) bond motifs is 1. The van der Waals surface area contributed by atoms with Gasteiger partial charge in [0.1, 0.15) is 12.0 Å². The van der Waals surface area contributed by atoms with Crippen LogP contribution in [0.15, 0.2) is 65.5 Å². The molecule has 0 bridgehead atoms. The summed E-state index contributed by atoms with van der Waals surface area (Å²) in [5, 5.41) is 2.13. The second kappa shape index (κ2) is 7.04. The topological polar surface area (TPSA) is 59.8 Å². The fourth-order valence-corrected chi connectivity index (χ4v) is 3.35. The molecule has 2 aromatic carbocycles. The number of benzene rings is 2. The summed E-state index contributed by atoms with van der Waals surface area (Å²) in [5.41, 5.74) is 0.508. The highest BCUT2D eigenvalue weighted by atomic mass is 16.5. The number of carbonyl (C=O) groups excluding carboxylic acids is 2. The van der Waals surface area contributed by atoms with Gasteiger partial charge >= 0.3 is 5.97 Å². The molecule has 0 aliphatic carbocycles. The van der Waals surface area contributed by atoms with Crippen LogP contribution in [0.3, 0.4) is 0 Å². The predicted octanol–water partition coefficient (Wildman–Crippen LogP) is 3.89. The molecule has 26 heavy (non-hydrogen) atoms. The Morgan fingerprint density at radius 1 is 1.08 bits per heavy atom. The molecule has 4 rings (SSSR count).